The van der Waals surface area contributed by atoms with Crippen LogP contribution in [-0.4, -0.2) is 36.8 Å². The average Bonchev–Trinajstić information content (AvgIpc) is 3.29. The van der Waals surface area contributed by atoms with Crippen molar-refractivity contribution in [3.63, 3.8) is 0 Å². The van der Waals surface area contributed by atoms with E-state index in [2.05, 4.69) is 28.8 Å². The normalized spacial score (nSPS) is 24.9. The molecule has 2 atom stereocenters. The molecule has 0 spiro atoms. The molecule has 3 N–H and O–H groups in total. The monoisotopic (exact) mass is 490 g/mol. The predicted octanol–water partition coefficient (Wildman–Crippen LogP) is 5.14. The van der Waals surface area contributed by atoms with Crippen molar-refractivity contribution in [2.75, 3.05) is 13.6 Å². The maximum Gasteiger partial charge on any atom is 0.420 e. The van der Waals surface area contributed by atoms with Gasteiger partial charge in [-0.2, -0.15) is 13.2 Å². The number of ether oxygens (including phenoxy) is 1. The van der Waals surface area contributed by atoms with E-state index in [9.17, 15) is 18.0 Å². The van der Waals surface area contributed by atoms with E-state index in [1.807, 2.05) is 13.1 Å². The van der Waals surface area contributed by atoms with Crippen LogP contribution in [0.5, 0.6) is 5.75 Å². The first kappa shape index (κ1) is 25.5. The van der Waals surface area contributed by atoms with Crippen LogP contribution in [0.25, 0.3) is 0 Å². The van der Waals surface area contributed by atoms with E-state index in [1.54, 1.807) is 12.1 Å². The number of rotatable bonds is 8. The third kappa shape index (κ3) is 6.16. The van der Waals surface area contributed by atoms with Gasteiger partial charge in [0, 0.05) is 19.5 Å². The molecule has 1 heterocycles. The standard InChI is InChI=1S/C27H33F3N2O3/c1-31-15-20-5-2-3-7-22(20)18-11-9-17(10-12-18)13-19-6-4-8-24(25(19)27(28,29)30)35-21-14-23(26(33)34)32-16-21/h2-8,17-18,21,23,31-32H,9-16H2,1H3,(H,33,34)/t17?,18?,21-,23-/m1/s1. The molecule has 2 aromatic carbocycles. The minimum atomic E-state index is -4.55. The van der Waals surface area contributed by atoms with Gasteiger partial charge in [-0.3, -0.25) is 4.79 Å². The van der Waals surface area contributed by atoms with Crippen LogP contribution in [0.4, 0.5) is 13.2 Å². The first-order chi connectivity index (χ1) is 16.8. The number of carboxylic acids is 1. The second kappa shape index (κ2) is 11.0. The number of carbonyl (C=O) groups is 1. The van der Waals surface area contributed by atoms with Gasteiger partial charge in [0.25, 0.3) is 0 Å². The van der Waals surface area contributed by atoms with Crippen molar-refractivity contribution in [1.82, 2.24) is 10.6 Å². The summed E-state index contributed by atoms with van der Waals surface area (Å²) in [5.74, 6) is -0.610. The third-order valence-corrected chi connectivity index (χ3v) is 7.30. The predicted molar refractivity (Wildman–Crippen MR) is 128 cm³/mol. The van der Waals surface area contributed by atoms with Crippen molar-refractivity contribution in [3.05, 3.63) is 64.7 Å². The second-order valence-electron chi connectivity index (χ2n) is 9.71. The molecule has 190 valence electrons. The number of benzene rings is 2. The highest BCUT2D eigenvalue weighted by molar-refractivity contribution is 5.73. The lowest BCUT2D eigenvalue weighted by atomic mass is 9.75. The summed E-state index contributed by atoms with van der Waals surface area (Å²) in [6.07, 6.45) is -0.969. The van der Waals surface area contributed by atoms with E-state index in [0.717, 1.165) is 32.2 Å². The van der Waals surface area contributed by atoms with Crippen molar-refractivity contribution in [3.8, 4) is 5.75 Å². The van der Waals surface area contributed by atoms with E-state index < -0.39 is 29.9 Å². The fourth-order valence-electron chi connectivity index (χ4n) is 5.60. The molecule has 2 fully saturated rings. The molecule has 0 radical (unpaired) electrons. The molecular formula is C27H33F3N2O3. The van der Waals surface area contributed by atoms with Crippen LogP contribution in [0.2, 0.25) is 0 Å². The Morgan fingerprint density at radius 3 is 2.46 bits per heavy atom. The summed E-state index contributed by atoms with van der Waals surface area (Å²) in [5, 5.41) is 15.1. The molecule has 2 aliphatic rings. The Bertz CT molecular complexity index is 1020. The Labute approximate surface area is 204 Å². The van der Waals surface area contributed by atoms with Crippen LogP contribution in [0.1, 0.15) is 60.3 Å². The Balaban J connectivity index is 1.45. The van der Waals surface area contributed by atoms with Gasteiger partial charge < -0.3 is 20.5 Å². The topological polar surface area (TPSA) is 70.6 Å². The highest BCUT2D eigenvalue weighted by atomic mass is 19.4. The Kier molecular flexibility index (Phi) is 8.02. The molecule has 0 aromatic heterocycles. The molecule has 0 bridgehead atoms. The molecule has 4 rings (SSSR count). The summed E-state index contributed by atoms with van der Waals surface area (Å²) in [4.78, 5) is 11.2. The van der Waals surface area contributed by atoms with Gasteiger partial charge >= 0.3 is 12.1 Å². The lowest BCUT2D eigenvalue weighted by Crippen LogP contribution is -2.30. The highest BCUT2D eigenvalue weighted by Crippen LogP contribution is 2.43. The van der Waals surface area contributed by atoms with E-state index in [4.69, 9.17) is 9.84 Å². The highest BCUT2D eigenvalue weighted by Gasteiger charge is 2.39. The van der Waals surface area contributed by atoms with Crippen LogP contribution >= 0.6 is 0 Å². The summed E-state index contributed by atoms with van der Waals surface area (Å²) in [6, 6.07) is 12.1. The second-order valence-corrected chi connectivity index (χ2v) is 9.71. The van der Waals surface area contributed by atoms with Gasteiger partial charge in [0.15, 0.2) is 0 Å². The van der Waals surface area contributed by atoms with Crippen molar-refractivity contribution in [1.29, 1.82) is 0 Å². The molecule has 1 aliphatic heterocycles. The molecule has 35 heavy (non-hydrogen) atoms. The quantitative estimate of drug-likeness (QED) is 0.478. The summed E-state index contributed by atoms with van der Waals surface area (Å²) in [7, 11) is 1.93. The fraction of sp³-hybridized carbons (Fsp3) is 0.519. The SMILES string of the molecule is CNCc1ccccc1C1CCC(Cc2cccc(O[C@H]3CN[C@@H](C(=O)O)C3)c2C(F)(F)F)CC1. The average molecular weight is 491 g/mol. The minimum Gasteiger partial charge on any atom is -0.488 e. The zero-order valence-electron chi connectivity index (χ0n) is 19.9. The summed E-state index contributed by atoms with van der Waals surface area (Å²) >= 11 is 0. The first-order valence-electron chi connectivity index (χ1n) is 12.3. The largest absolute Gasteiger partial charge is 0.488 e. The van der Waals surface area contributed by atoms with Gasteiger partial charge in [-0.15, -0.1) is 0 Å². The Morgan fingerprint density at radius 1 is 1.09 bits per heavy atom. The molecule has 5 nitrogen and oxygen atoms in total. The fourth-order valence-corrected chi connectivity index (χ4v) is 5.60. The van der Waals surface area contributed by atoms with Crippen molar-refractivity contribution < 1.29 is 27.8 Å². The Hall–Kier alpha value is -2.58. The van der Waals surface area contributed by atoms with E-state index in [-0.39, 0.29) is 30.2 Å². The van der Waals surface area contributed by atoms with Crippen LogP contribution in [0, 0.1) is 5.92 Å². The van der Waals surface area contributed by atoms with Gasteiger partial charge in [-0.1, -0.05) is 36.4 Å². The van der Waals surface area contributed by atoms with E-state index in [1.165, 1.54) is 17.2 Å². The maximum absolute atomic E-state index is 14.1. The lowest BCUT2D eigenvalue weighted by molar-refractivity contribution is -0.141. The van der Waals surface area contributed by atoms with Crippen molar-refractivity contribution >= 4 is 5.97 Å². The number of carboxylic acid groups (broad SMARTS) is 1. The number of halogens is 3. The molecule has 8 heteroatoms. The number of hydrogen-bond donors (Lipinski definition) is 3. The molecule has 1 saturated heterocycles. The van der Waals surface area contributed by atoms with Gasteiger partial charge in [0.1, 0.15) is 23.5 Å². The van der Waals surface area contributed by atoms with Crippen LogP contribution in [-0.2, 0) is 23.9 Å². The smallest absolute Gasteiger partial charge is 0.420 e. The zero-order chi connectivity index (χ0) is 25.0. The zero-order valence-corrected chi connectivity index (χ0v) is 19.9. The molecular weight excluding hydrogens is 457 g/mol. The van der Waals surface area contributed by atoms with Gasteiger partial charge in [0.05, 0.1) is 0 Å². The third-order valence-electron chi connectivity index (χ3n) is 7.30. The van der Waals surface area contributed by atoms with Crippen molar-refractivity contribution in [2.45, 2.75) is 69.3 Å². The number of aliphatic carboxylic acids is 1. The Morgan fingerprint density at radius 2 is 1.80 bits per heavy atom. The summed E-state index contributed by atoms with van der Waals surface area (Å²) in [6.45, 7) is 1.01. The van der Waals surface area contributed by atoms with Gasteiger partial charge in [-0.05, 0) is 73.7 Å². The number of hydrogen-bond acceptors (Lipinski definition) is 4. The molecule has 2 aromatic rings. The molecule has 0 unspecified atom stereocenters. The molecule has 1 aliphatic carbocycles. The van der Waals surface area contributed by atoms with Crippen molar-refractivity contribution in [2.24, 2.45) is 5.92 Å². The van der Waals surface area contributed by atoms with E-state index in [0.29, 0.717) is 12.3 Å². The van der Waals surface area contributed by atoms with Gasteiger partial charge in [-0.25, -0.2) is 0 Å². The number of alkyl halides is 3. The molecule has 1 saturated carbocycles. The summed E-state index contributed by atoms with van der Waals surface area (Å²) < 4.78 is 48.1. The number of nitrogens with one attached hydrogen (secondary N) is 2. The van der Waals surface area contributed by atoms with Gasteiger partial charge in [0.2, 0.25) is 0 Å². The van der Waals surface area contributed by atoms with Crippen LogP contribution < -0.4 is 15.4 Å². The minimum absolute atomic E-state index is 0.135. The molecule has 0 amide bonds. The maximum atomic E-state index is 14.1. The first-order valence-corrected chi connectivity index (χ1v) is 12.3. The lowest BCUT2D eigenvalue weighted by Gasteiger charge is -2.31. The van der Waals surface area contributed by atoms with E-state index >= 15 is 0 Å². The summed E-state index contributed by atoms with van der Waals surface area (Å²) in [5.41, 5.74) is 2.17. The van der Waals surface area contributed by atoms with Crippen LogP contribution in [0.3, 0.4) is 0 Å². The van der Waals surface area contributed by atoms with Crippen LogP contribution in [0.15, 0.2) is 42.5 Å².